The average Bonchev–Trinajstić information content (AvgIpc) is 3.43. The van der Waals surface area contributed by atoms with E-state index in [0.717, 1.165) is 74.3 Å². The quantitative estimate of drug-likeness (QED) is 0.278. The number of rotatable bonds is 9. The van der Waals surface area contributed by atoms with E-state index in [0.29, 0.717) is 6.04 Å². The molecule has 1 aliphatic heterocycles. The molecular formula is C22H34IN5O2S. The number of anilines is 1. The Balaban J connectivity index is 0.00000341. The lowest BCUT2D eigenvalue weighted by Crippen LogP contribution is -2.44. The third kappa shape index (κ3) is 7.41. The standard InChI is InChI=1S/C22H33N5O2S.HI/c1-5-21-25-17(15-30-21)7-9-24-22(23-6-2)26-16-8-10-27(14-16)18-11-19(28-3)13-20(12-18)29-4;/h11-13,15-16H,5-10,14H2,1-4H3,(H2,23,24,26);1H. The van der Waals surface area contributed by atoms with Crippen molar-refractivity contribution < 1.29 is 9.47 Å². The maximum atomic E-state index is 5.41. The van der Waals surface area contributed by atoms with E-state index in [1.54, 1.807) is 25.6 Å². The number of aromatic nitrogens is 1. The van der Waals surface area contributed by atoms with Crippen LogP contribution in [-0.4, -0.2) is 57.4 Å². The van der Waals surface area contributed by atoms with Crippen LogP contribution in [0.3, 0.4) is 0 Å². The summed E-state index contributed by atoms with van der Waals surface area (Å²) in [6.07, 6.45) is 2.92. The van der Waals surface area contributed by atoms with Crippen molar-refractivity contribution in [3.63, 3.8) is 0 Å². The smallest absolute Gasteiger partial charge is 0.191 e. The summed E-state index contributed by atoms with van der Waals surface area (Å²) in [5.74, 6) is 2.49. The zero-order valence-corrected chi connectivity index (χ0v) is 22.0. The maximum absolute atomic E-state index is 5.41. The summed E-state index contributed by atoms with van der Waals surface area (Å²) >= 11 is 1.73. The number of benzene rings is 1. The van der Waals surface area contributed by atoms with Crippen LogP contribution in [-0.2, 0) is 12.8 Å². The van der Waals surface area contributed by atoms with Crippen molar-refractivity contribution in [3.8, 4) is 11.5 Å². The van der Waals surface area contributed by atoms with Gasteiger partial charge in [0.15, 0.2) is 5.96 Å². The second kappa shape index (κ2) is 12.9. The molecule has 9 heteroatoms. The van der Waals surface area contributed by atoms with Gasteiger partial charge in [-0.05, 0) is 19.8 Å². The Morgan fingerprint density at radius 2 is 1.97 bits per heavy atom. The van der Waals surface area contributed by atoms with Crippen molar-refractivity contribution in [1.29, 1.82) is 0 Å². The molecule has 0 spiro atoms. The molecule has 0 bridgehead atoms. The molecule has 0 amide bonds. The van der Waals surface area contributed by atoms with E-state index in [4.69, 9.17) is 14.5 Å². The number of halogens is 1. The molecule has 1 unspecified atom stereocenters. The van der Waals surface area contributed by atoms with Gasteiger partial charge < -0.3 is 25.0 Å². The van der Waals surface area contributed by atoms with Crippen LogP contribution in [0.2, 0.25) is 0 Å². The number of thiazole rings is 1. The number of nitrogens with one attached hydrogen (secondary N) is 2. The van der Waals surface area contributed by atoms with E-state index in [-0.39, 0.29) is 24.0 Å². The van der Waals surface area contributed by atoms with Gasteiger partial charge in [-0.1, -0.05) is 6.92 Å². The minimum atomic E-state index is 0. The van der Waals surface area contributed by atoms with Gasteiger partial charge in [0.05, 0.1) is 24.9 Å². The van der Waals surface area contributed by atoms with Gasteiger partial charge in [-0.3, -0.25) is 4.99 Å². The van der Waals surface area contributed by atoms with E-state index in [2.05, 4.69) is 51.9 Å². The molecule has 2 aromatic rings. The molecule has 0 radical (unpaired) electrons. The van der Waals surface area contributed by atoms with E-state index < -0.39 is 0 Å². The Morgan fingerprint density at radius 1 is 1.23 bits per heavy atom. The molecule has 0 saturated carbocycles. The highest BCUT2D eigenvalue weighted by molar-refractivity contribution is 14.0. The number of ether oxygens (including phenoxy) is 2. The number of nitrogens with zero attached hydrogens (tertiary/aromatic N) is 3. The van der Waals surface area contributed by atoms with Crippen LogP contribution < -0.4 is 25.0 Å². The van der Waals surface area contributed by atoms with Gasteiger partial charge in [-0.25, -0.2) is 4.98 Å². The lowest BCUT2D eigenvalue weighted by Gasteiger charge is -2.21. The zero-order chi connectivity index (χ0) is 21.3. The van der Waals surface area contributed by atoms with Gasteiger partial charge >= 0.3 is 0 Å². The number of hydrogen-bond donors (Lipinski definition) is 2. The molecule has 1 aromatic carbocycles. The molecule has 0 aliphatic carbocycles. The summed E-state index contributed by atoms with van der Waals surface area (Å²) in [4.78, 5) is 11.7. The number of methoxy groups -OCH3 is 2. The summed E-state index contributed by atoms with van der Waals surface area (Å²) in [5.41, 5.74) is 2.25. The zero-order valence-electron chi connectivity index (χ0n) is 18.8. The summed E-state index contributed by atoms with van der Waals surface area (Å²) in [6, 6.07) is 6.35. The van der Waals surface area contributed by atoms with Crippen molar-refractivity contribution in [2.75, 3.05) is 45.3 Å². The van der Waals surface area contributed by atoms with Gasteiger partial charge in [0.25, 0.3) is 0 Å². The van der Waals surface area contributed by atoms with E-state index in [9.17, 15) is 0 Å². The topological polar surface area (TPSA) is 71.0 Å². The first kappa shape index (κ1) is 25.5. The molecule has 3 rings (SSSR count). The van der Waals surface area contributed by atoms with Crippen LogP contribution >= 0.6 is 35.3 Å². The minimum absolute atomic E-state index is 0. The van der Waals surface area contributed by atoms with Gasteiger partial charge in [-0.2, -0.15) is 0 Å². The summed E-state index contributed by atoms with van der Waals surface area (Å²) in [5, 5.41) is 10.3. The molecule has 7 nitrogen and oxygen atoms in total. The van der Waals surface area contributed by atoms with Gasteiger partial charge in [0.2, 0.25) is 0 Å². The van der Waals surface area contributed by atoms with E-state index >= 15 is 0 Å². The Bertz CT molecular complexity index is 823. The normalized spacial score (nSPS) is 16.1. The average molecular weight is 560 g/mol. The molecular weight excluding hydrogens is 525 g/mol. The predicted octanol–water partition coefficient (Wildman–Crippen LogP) is 3.72. The van der Waals surface area contributed by atoms with E-state index in [1.165, 1.54) is 5.01 Å². The SMILES string of the molecule is CCNC(=NCCc1csc(CC)n1)NC1CCN(c2cc(OC)cc(OC)c2)C1.I. The molecule has 1 aliphatic rings. The van der Waals surface area contributed by atoms with Crippen LogP contribution in [0.4, 0.5) is 5.69 Å². The highest BCUT2D eigenvalue weighted by Gasteiger charge is 2.24. The van der Waals surface area contributed by atoms with Crippen molar-refractivity contribution in [1.82, 2.24) is 15.6 Å². The summed E-state index contributed by atoms with van der Waals surface area (Å²) < 4.78 is 10.8. The first-order chi connectivity index (χ1) is 14.6. The Labute approximate surface area is 206 Å². The fraction of sp³-hybridized carbons (Fsp3) is 0.545. The third-order valence-electron chi connectivity index (χ3n) is 5.11. The fourth-order valence-corrected chi connectivity index (χ4v) is 4.29. The van der Waals surface area contributed by atoms with Gasteiger partial charge in [-0.15, -0.1) is 35.3 Å². The van der Waals surface area contributed by atoms with Crippen LogP contribution in [0.15, 0.2) is 28.6 Å². The minimum Gasteiger partial charge on any atom is -0.497 e. The van der Waals surface area contributed by atoms with Gasteiger partial charge in [0, 0.05) is 67.9 Å². The number of hydrogen-bond acceptors (Lipinski definition) is 6. The van der Waals surface area contributed by atoms with Crippen molar-refractivity contribution in [3.05, 3.63) is 34.3 Å². The predicted molar refractivity (Wildman–Crippen MR) is 140 cm³/mol. The second-order valence-corrected chi connectivity index (χ2v) is 8.19. The second-order valence-electron chi connectivity index (χ2n) is 7.24. The van der Waals surface area contributed by atoms with Crippen molar-refractivity contribution in [2.24, 2.45) is 4.99 Å². The molecule has 1 fully saturated rings. The Hall–Kier alpha value is -1.75. The molecule has 2 heterocycles. The lowest BCUT2D eigenvalue weighted by molar-refractivity contribution is 0.394. The van der Waals surface area contributed by atoms with Crippen molar-refractivity contribution in [2.45, 2.75) is 39.2 Å². The fourth-order valence-electron chi connectivity index (χ4n) is 3.51. The first-order valence-corrected chi connectivity index (χ1v) is 11.5. The Morgan fingerprint density at radius 3 is 2.58 bits per heavy atom. The van der Waals surface area contributed by atoms with Crippen LogP contribution in [0, 0.1) is 0 Å². The molecule has 2 N–H and O–H groups in total. The Kier molecular flexibility index (Phi) is 10.7. The third-order valence-corrected chi connectivity index (χ3v) is 6.16. The summed E-state index contributed by atoms with van der Waals surface area (Å²) in [7, 11) is 3.36. The lowest BCUT2D eigenvalue weighted by atomic mass is 10.2. The van der Waals surface area contributed by atoms with Gasteiger partial charge in [0.1, 0.15) is 11.5 Å². The van der Waals surface area contributed by atoms with Crippen molar-refractivity contribution >= 4 is 47.0 Å². The monoisotopic (exact) mass is 559 g/mol. The maximum Gasteiger partial charge on any atom is 0.191 e. The molecule has 1 atom stereocenters. The first-order valence-electron chi connectivity index (χ1n) is 10.6. The van der Waals surface area contributed by atoms with Crippen LogP contribution in [0.5, 0.6) is 11.5 Å². The number of guanidine groups is 1. The van der Waals surface area contributed by atoms with Crippen LogP contribution in [0.1, 0.15) is 31.0 Å². The number of aryl methyl sites for hydroxylation is 1. The molecule has 1 aromatic heterocycles. The summed E-state index contributed by atoms with van der Waals surface area (Å²) in [6.45, 7) is 7.69. The molecule has 1 saturated heterocycles. The molecule has 172 valence electrons. The highest BCUT2D eigenvalue weighted by atomic mass is 127. The largest absolute Gasteiger partial charge is 0.497 e. The molecule has 31 heavy (non-hydrogen) atoms. The number of aliphatic imine (C=N–C) groups is 1. The highest BCUT2D eigenvalue weighted by Crippen LogP contribution is 2.30. The van der Waals surface area contributed by atoms with Crippen LogP contribution in [0.25, 0.3) is 0 Å². The van der Waals surface area contributed by atoms with E-state index in [1.807, 2.05) is 6.07 Å².